The Morgan fingerprint density at radius 2 is 2.24 bits per heavy atom. The van der Waals surface area contributed by atoms with E-state index in [9.17, 15) is 0 Å². The molecule has 1 unspecified atom stereocenters. The van der Waals surface area contributed by atoms with Crippen molar-refractivity contribution in [1.82, 2.24) is 14.9 Å². The molecule has 1 aliphatic rings. The van der Waals surface area contributed by atoms with Crippen molar-refractivity contribution in [3.05, 3.63) is 18.2 Å². The maximum atomic E-state index is 4.44. The monoisotopic (exact) mass is 235 g/mol. The molecule has 0 aromatic carbocycles. The molecular weight excluding hydrogens is 210 g/mol. The van der Waals surface area contributed by atoms with Gasteiger partial charge in [-0.3, -0.25) is 0 Å². The van der Waals surface area contributed by atoms with Gasteiger partial charge >= 0.3 is 0 Å². The van der Waals surface area contributed by atoms with Crippen LogP contribution in [0.1, 0.15) is 57.8 Å². The average Bonchev–Trinajstić information content (AvgIpc) is 2.97. The van der Waals surface area contributed by atoms with E-state index in [2.05, 4.69) is 34.9 Å². The first-order valence-electron chi connectivity index (χ1n) is 7.06. The zero-order chi connectivity index (χ0) is 12.1. The van der Waals surface area contributed by atoms with E-state index in [0.717, 1.165) is 19.0 Å². The van der Waals surface area contributed by atoms with Crippen molar-refractivity contribution in [3.63, 3.8) is 0 Å². The molecule has 3 heteroatoms. The summed E-state index contributed by atoms with van der Waals surface area (Å²) in [6.07, 6.45) is 11.8. The van der Waals surface area contributed by atoms with Crippen LogP contribution >= 0.6 is 0 Å². The minimum absolute atomic E-state index is 0.514. The lowest BCUT2D eigenvalue weighted by Gasteiger charge is -2.19. The molecule has 1 fully saturated rings. The van der Waals surface area contributed by atoms with Crippen molar-refractivity contribution in [2.24, 2.45) is 0 Å². The fraction of sp³-hybridized carbons (Fsp3) is 0.786. The highest BCUT2D eigenvalue weighted by Crippen LogP contribution is 2.18. The maximum absolute atomic E-state index is 4.44. The van der Waals surface area contributed by atoms with E-state index in [1.54, 1.807) is 0 Å². The molecule has 1 atom stereocenters. The van der Waals surface area contributed by atoms with Crippen LogP contribution in [-0.4, -0.2) is 22.1 Å². The predicted molar refractivity (Wildman–Crippen MR) is 71.2 cm³/mol. The van der Waals surface area contributed by atoms with Crippen LogP contribution in [0.2, 0.25) is 0 Å². The molecule has 1 heterocycles. The van der Waals surface area contributed by atoms with Crippen LogP contribution in [0.3, 0.4) is 0 Å². The number of hydrogen-bond donors (Lipinski definition) is 1. The van der Waals surface area contributed by atoms with Crippen LogP contribution in [0.5, 0.6) is 0 Å². The first-order valence-corrected chi connectivity index (χ1v) is 7.06. The largest absolute Gasteiger partial charge is 0.331 e. The summed E-state index contributed by atoms with van der Waals surface area (Å²) in [6, 6.07) is 1.27. The third-order valence-corrected chi connectivity index (χ3v) is 3.75. The lowest BCUT2D eigenvalue weighted by molar-refractivity contribution is 0.431. The normalized spacial score (nSPS) is 18.7. The topological polar surface area (TPSA) is 29.9 Å². The Kier molecular flexibility index (Phi) is 4.60. The van der Waals surface area contributed by atoms with Crippen molar-refractivity contribution in [2.45, 2.75) is 64.5 Å². The highest BCUT2D eigenvalue weighted by atomic mass is 15.1. The van der Waals surface area contributed by atoms with E-state index < -0.39 is 0 Å². The fourth-order valence-electron chi connectivity index (χ4n) is 2.73. The third-order valence-electron chi connectivity index (χ3n) is 3.75. The Morgan fingerprint density at radius 3 is 2.94 bits per heavy atom. The number of imidazole rings is 1. The molecule has 17 heavy (non-hydrogen) atoms. The number of aromatic nitrogens is 2. The smallest absolute Gasteiger partial charge is 0.108 e. The molecule has 0 aliphatic heterocycles. The zero-order valence-electron chi connectivity index (χ0n) is 11.2. The molecule has 3 nitrogen and oxygen atoms in total. The Balaban J connectivity index is 1.85. The SMILES string of the molecule is CCCc1nccn1C(C)CNC1CCCC1. The molecule has 0 amide bonds. The van der Waals surface area contributed by atoms with Gasteiger partial charge < -0.3 is 9.88 Å². The van der Waals surface area contributed by atoms with Gasteiger partial charge in [-0.15, -0.1) is 0 Å². The number of nitrogens with zero attached hydrogens (tertiary/aromatic N) is 2. The summed E-state index contributed by atoms with van der Waals surface area (Å²) in [4.78, 5) is 4.44. The van der Waals surface area contributed by atoms with Gasteiger partial charge in [-0.1, -0.05) is 19.8 Å². The fourth-order valence-corrected chi connectivity index (χ4v) is 2.73. The van der Waals surface area contributed by atoms with E-state index in [-0.39, 0.29) is 0 Å². The molecule has 1 aromatic heterocycles. The molecule has 0 bridgehead atoms. The first kappa shape index (κ1) is 12.6. The van der Waals surface area contributed by atoms with Gasteiger partial charge in [-0.05, 0) is 26.2 Å². The van der Waals surface area contributed by atoms with Gasteiger partial charge in [0.2, 0.25) is 0 Å². The van der Waals surface area contributed by atoms with Gasteiger partial charge in [0.05, 0.1) is 0 Å². The van der Waals surface area contributed by atoms with Gasteiger partial charge in [0.25, 0.3) is 0 Å². The second-order valence-corrected chi connectivity index (χ2v) is 5.24. The third kappa shape index (κ3) is 3.32. The quantitative estimate of drug-likeness (QED) is 0.821. The standard InChI is InChI=1S/C14H25N3/c1-3-6-14-15-9-10-17(14)12(2)11-16-13-7-4-5-8-13/h9-10,12-13,16H,3-8,11H2,1-2H3. The number of nitrogens with one attached hydrogen (secondary N) is 1. The first-order chi connectivity index (χ1) is 8.31. The van der Waals surface area contributed by atoms with Gasteiger partial charge in [-0.2, -0.15) is 0 Å². The van der Waals surface area contributed by atoms with Crippen molar-refractivity contribution in [2.75, 3.05) is 6.54 Å². The summed E-state index contributed by atoms with van der Waals surface area (Å²) in [5.74, 6) is 1.23. The van der Waals surface area contributed by atoms with Crippen molar-refractivity contribution in [1.29, 1.82) is 0 Å². The molecule has 1 saturated carbocycles. The molecule has 96 valence electrons. The van der Waals surface area contributed by atoms with Crippen molar-refractivity contribution in [3.8, 4) is 0 Å². The highest BCUT2D eigenvalue weighted by molar-refractivity contribution is 4.95. The van der Waals surface area contributed by atoms with Crippen molar-refractivity contribution < 1.29 is 0 Å². The molecule has 1 aliphatic carbocycles. The zero-order valence-corrected chi connectivity index (χ0v) is 11.2. The molecule has 2 rings (SSSR count). The van der Waals surface area contributed by atoms with E-state index in [1.807, 2.05) is 6.20 Å². The number of rotatable bonds is 6. The van der Waals surface area contributed by atoms with Gasteiger partial charge in [0.15, 0.2) is 0 Å². The minimum Gasteiger partial charge on any atom is -0.331 e. The Hall–Kier alpha value is -0.830. The van der Waals surface area contributed by atoms with E-state index in [4.69, 9.17) is 0 Å². The lowest BCUT2D eigenvalue weighted by Crippen LogP contribution is -2.31. The summed E-state index contributed by atoms with van der Waals surface area (Å²) in [6.45, 7) is 5.56. The van der Waals surface area contributed by atoms with E-state index >= 15 is 0 Å². The molecular formula is C14H25N3. The van der Waals surface area contributed by atoms with Crippen LogP contribution in [0, 0.1) is 0 Å². The number of aryl methyl sites for hydroxylation is 1. The van der Waals surface area contributed by atoms with Gasteiger partial charge in [0, 0.05) is 37.4 Å². The maximum Gasteiger partial charge on any atom is 0.108 e. The molecule has 1 aromatic rings. The van der Waals surface area contributed by atoms with Gasteiger partial charge in [-0.25, -0.2) is 4.98 Å². The second-order valence-electron chi connectivity index (χ2n) is 5.24. The van der Waals surface area contributed by atoms with E-state index in [1.165, 1.54) is 37.9 Å². The summed E-state index contributed by atoms with van der Waals surface area (Å²) >= 11 is 0. The summed E-state index contributed by atoms with van der Waals surface area (Å²) in [7, 11) is 0. The predicted octanol–water partition coefficient (Wildman–Crippen LogP) is 2.93. The van der Waals surface area contributed by atoms with Crippen LogP contribution < -0.4 is 5.32 Å². The molecule has 0 saturated heterocycles. The Labute approximate surface area is 105 Å². The Morgan fingerprint density at radius 1 is 1.47 bits per heavy atom. The highest BCUT2D eigenvalue weighted by Gasteiger charge is 2.16. The average molecular weight is 235 g/mol. The van der Waals surface area contributed by atoms with Crippen LogP contribution in [-0.2, 0) is 6.42 Å². The van der Waals surface area contributed by atoms with E-state index in [0.29, 0.717) is 6.04 Å². The Bertz CT molecular complexity index is 326. The van der Waals surface area contributed by atoms with Crippen molar-refractivity contribution >= 4 is 0 Å². The summed E-state index contributed by atoms with van der Waals surface area (Å²) in [5, 5.41) is 3.69. The minimum atomic E-state index is 0.514. The summed E-state index contributed by atoms with van der Waals surface area (Å²) < 4.78 is 2.32. The van der Waals surface area contributed by atoms with Crippen LogP contribution in [0.25, 0.3) is 0 Å². The van der Waals surface area contributed by atoms with Crippen LogP contribution in [0.4, 0.5) is 0 Å². The summed E-state index contributed by atoms with van der Waals surface area (Å²) in [5.41, 5.74) is 0. The lowest BCUT2D eigenvalue weighted by atomic mass is 10.2. The van der Waals surface area contributed by atoms with Gasteiger partial charge in [0.1, 0.15) is 5.82 Å². The molecule has 0 spiro atoms. The van der Waals surface area contributed by atoms with Crippen LogP contribution in [0.15, 0.2) is 12.4 Å². The molecule has 1 N–H and O–H groups in total. The molecule has 0 radical (unpaired) electrons. The second kappa shape index (κ2) is 6.20. The number of hydrogen-bond acceptors (Lipinski definition) is 2.